The fourth-order valence-corrected chi connectivity index (χ4v) is 2.10. The summed E-state index contributed by atoms with van der Waals surface area (Å²) >= 11 is 0. The van der Waals surface area contributed by atoms with Crippen LogP contribution in [0, 0.1) is 11.3 Å². The van der Waals surface area contributed by atoms with Gasteiger partial charge >= 0.3 is 0 Å². The largest absolute Gasteiger partial charge is 0.391 e. The van der Waals surface area contributed by atoms with Gasteiger partial charge in [-0.3, -0.25) is 0 Å². The monoisotopic (exact) mass is 206 g/mol. The minimum atomic E-state index is -0.359. The van der Waals surface area contributed by atoms with Crippen molar-refractivity contribution in [2.75, 3.05) is 5.73 Å². The van der Waals surface area contributed by atoms with Gasteiger partial charge in [-0.2, -0.15) is 10.4 Å². The molecular weight excluding hydrogens is 192 g/mol. The molecule has 3 N–H and O–H groups in total. The van der Waals surface area contributed by atoms with E-state index in [0.717, 1.165) is 24.8 Å². The highest BCUT2D eigenvalue weighted by atomic mass is 16.3. The van der Waals surface area contributed by atoms with Crippen molar-refractivity contribution in [2.24, 2.45) is 0 Å². The number of nitrogens with zero attached hydrogens (tertiary/aromatic N) is 3. The summed E-state index contributed by atoms with van der Waals surface area (Å²) in [6.07, 6.45) is 4.23. The standard InChI is InChI=1S/C10H14N4O/c11-5-4-7-6-13-14(10(7)12)8-2-1-3-9(8)15/h6,8-9,15H,1-4,12H2. The molecule has 80 valence electrons. The lowest BCUT2D eigenvalue weighted by Gasteiger charge is -2.16. The molecule has 0 aliphatic heterocycles. The average Bonchev–Trinajstić information content (AvgIpc) is 2.76. The van der Waals surface area contributed by atoms with Crippen LogP contribution in [0.25, 0.3) is 0 Å². The molecule has 1 aromatic rings. The van der Waals surface area contributed by atoms with Crippen LogP contribution in [0.5, 0.6) is 0 Å². The second-order valence-electron chi connectivity index (χ2n) is 3.90. The molecule has 1 saturated carbocycles. The van der Waals surface area contributed by atoms with Crippen LogP contribution in [0.15, 0.2) is 6.20 Å². The molecule has 2 atom stereocenters. The van der Waals surface area contributed by atoms with E-state index in [9.17, 15) is 5.11 Å². The normalized spacial score (nSPS) is 25.3. The summed E-state index contributed by atoms with van der Waals surface area (Å²) in [6.45, 7) is 0. The van der Waals surface area contributed by atoms with E-state index in [1.807, 2.05) is 6.07 Å². The number of nitrogen functional groups attached to an aromatic ring is 1. The average molecular weight is 206 g/mol. The first kappa shape index (κ1) is 9.99. The molecule has 0 radical (unpaired) electrons. The van der Waals surface area contributed by atoms with E-state index in [4.69, 9.17) is 11.0 Å². The number of aromatic nitrogens is 2. The fraction of sp³-hybridized carbons (Fsp3) is 0.600. The van der Waals surface area contributed by atoms with Gasteiger partial charge in [0.2, 0.25) is 0 Å². The van der Waals surface area contributed by atoms with Crippen LogP contribution < -0.4 is 5.73 Å². The lowest BCUT2D eigenvalue weighted by molar-refractivity contribution is 0.131. The minimum Gasteiger partial charge on any atom is -0.391 e. The highest BCUT2D eigenvalue weighted by Crippen LogP contribution is 2.32. The highest BCUT2D eigenvalue weighted by Gasteiger charge is 2.29. The number of hydrogen-bond acceptors (Lipinski definition) is 4. The maximum absolute atomic E-state index is 9.72. The smallest absolute Gasteiger partial charge is 0.126 e. The predicted molar refractivity (Wildman–Crippen MR) is 54.9 cm³/mol. The molecule has 0 aromatic carbocycles. The lowest BCUT2D eigenvalue weighted by Crippen LogP contribution is -2.20. The van der Waals surface area contributed by atoms with Gasteiger partial charge in [0.05, 0.1) is 30.8 Å². The fourth-order valence-electron chi connectivity index (χ4n) is 2.10. The molecule has 0 amide bonds. The second kappa shape index (κ2) is 3.91. The van der Waals surface area contributed by atoms with Crippen molar-refractivity contribution in [3.8, 4) is 6.07 Å². The molecule has 1 fully saturated rings. The molecule has 0 bridgehead atoms. The highest BCUT2D eigenvalue weighted by molar-refractivity contribution is 5.40. The number of nitriles is 1. The maximum atomic E-state index is 9.72. The summed E-state index contributed by atoms with van der Waals surface area (Å²) in [5.41, 5.74) is 6.62. The van der Waals surface area contributed by atoms with Gasteiger partial charge in [0.1, 0.15) is 5.82 Å². The van der Waals surface area contributed by atoms with E-state index >= 15 is 0 Å². The van der Waals surface area contributed by atoms with Crippen LogP contribution in [-0.2, 0) is 6.42 Å². The van der Waals surface area contributed by atoms with Gasteiger partial charge < -0.3 is 10.8 Å². The minimum absolute atomic E-state index is 0.0163. The number of anilines is 1. The number of nitrogens with two attached hydrogens (primary N) is 1. The Morgan fingerprint density at radius 1 is 1.67 bits per heavy atom. The lowest BCUT2D eigenvalue weighted by atomic mass is 10.2. The predicted octanol–water partition coefficient (Wildman–Crippen LogP) is 0.617. The molecule has 5 nitrogen and oxygen atoms in total. The first-order chi connectivity index (χ1) is 7.24. The number of rotatable bonds is 2. The third kappa shape index (κ3) is 1.68. The van der Waals surface area contributed by atoms with Gasteiger partial charge in [-0.15, -0.1) is 0 Å². The zero-order chi connectivity index (χ0) is 10.8. The van der Waals surface area contributed by atoms with Crippen molar-refractivity contribution >= 4 is 5.82 Å². The van der Waals surface area contributed by atoms with Gasteiger partial charge in [0.25, 0.3) is 0 Å². The number of aliphatic hydroxyl groups is 1. The molecule has 0 spiro atoms. The van der Waals surface area contributed by atoms with Crippen molar-refractivity contribution in [1.82, 2.24) is 9.78 Å². The zero-order valence-corrected chi connectivity index (χ0v) is 8.43. The Balaban J connectivity index is 2.25. The topological polar surface area (TPSA) is 87.9 Å². The Morgan fingerprint density at radius 2 is 2.47 bits per heavy atom. The number of hydrogen-bond donors (Lipinski definition) is 2. The van der Waals surface area contributed by atoms with E-state index in [-0.39, 0.29) is 18.6 Å². The summed E-state index contributed by atoms with van der Waals surface area (Å²) < 4.78 is 1.66. The summed E-state index contributed by atoms with van der Waals surface area (Å²) in [4.78, 5) is 0. The molecule has 2 rings (SSSR count). The summed E-state index contributed by atoms with van der Waals surface area (Å²) in [7, 11) is 0. The van der Waals surface area contributed by atoms with Crippen LogP contribution in [0.3, 0.4) is 0 Å². The Hall–Kier alpha value is -1.54. The summed E-state index contributed by atoms with van der Waals surface area (Å²) in [5.74, 6) is 0.516. The van der Waals surface area contributed by atoms with Gasteiger partial charge in [0.15, 0.2) is 0 Å². The van der Waals surface area contributed by atoms with E-state index in [1.54, 1.807) is 10.9 Å². The summed E-state index contributed by atoms with van der Waals surface area (Å²) in [5, 5.41) is 22.5. The van der Waals surface area contributed by atoms with Gasteiger partial charge in [-0.1, -0.05) is 0 Å². The molecule has 1 heterocycles. The van der Waals surface area contributed by atoms with Crippen LogP contribution >= 0.6 is 0 Å². The first-order valence-electron chi connectivity index (χ1n) is 5.11. The Kier molecular flexibility index (Phi) is 2.60. The molecule has 2 unspecified atom stereocenters. The summed E-state index contributed by atoms with van der Waals surface area (Å²) in [6, 6.07) is 2.03. The van der Waals surface area contributed by atoms with Crippen LogP contribution in [0.2, 0.25) is 0 Å². The van der Waals surface area contributed by atoms with E-state index in [2.05, 4.69) is 5.10 Å². The van der Waals surface area contributed by atoms with Gasteiger partial charge in [-0.05, 0) is 19.3 Å². The van der Waals surface area contributed by atoms with E-state index in [0.29, 0.717) is 5.82 Å². The quantitative estimate of drug-likeness (QED) is 0.742. The van der Waals surface area contributed by atoms with Crippen molar-refractivity contribution in [2.45, 2.75) is 37.8 Å². The Labute approximate surface area is 88.1 Å². The zero-order valence-electron chi connectivity index (χ0n) is 8.43. The van der Waals surface area contributed by atoms with Crippen LogP contribution in [0.4, 0.5) is 5.82 Å². The Morgan fingerprint density at radius 3 is 3.07 bits per heavy atom. The molecule has 1 aliphatic rings. The van der Waals surface area contributed by atoms with Crippen LogP contribution in [0.1, 0.15) is 30.9 Å². The molecular formula is C10H14N4O. The molecule has 1 aliphatic carbocycles. The molecule has 0 saturated heterocycles. The molecule has 1 aromatic heterocycles. The van der Waals surface area contributed by atoms with Crippen molar-refractivity contribution in [3.63, 3.8) is 0 Å². The van der Waals surface area contributed by atoms with E-state index < -0.39 is 0 Å². The van der Waals surface area contributed by atoms with Gasteiger partial charge in [0, 0.05) is 5.56 Å². The Bertz CT molecular complexity index is 393. The molecule has 5 heteroatoms. The van der Waals surface area contributed by atoms with Crippen molar-refractivity contribution in [1.29, 1.82) is 5.26 Å². The molecule has 15 heavy (non-hydrogen) atoms. The van der Waals surface area contributed by atoms with Crippen molar-refractivity contribution < 1.29 is 5.11 Å². The number of aliphatic hydroxyl groups excluding tert-OH is 1. The maximum Gasteiger partial charge on any atom is 0.126 e. The SMILES string of the molecule is N#CCc1cnn(C2CCCC2O)c1N. The third-order valence-corrected chi connectivity index (χ3v) is 2.94. The van der Waals surface area contributed by atoms with Crippen molar-refractivity contribution in [3.05, 3.63) is 11.8 Å². The van der Waals surface area contributed by atoms with Crippen LogP contribution in [-0.4, -0.2) is 21.0 Å². The first-order valence-corrected chi connectivity index (χ1v) is 5.11. The second-order valence-corrected chi connectivity index (χ2v) is 3.90. The van der Waals surface area contributed by atoms with E-state index in [1.165, 1.54) is 0 Å². The van der Waals surface area contributed by atoms with Gasteiger partial charge in [-0.25, -0.2) is 4.68 Å². The third-order valence-electron chi connectivity index (χ3n) is 2.94.